The second kappa shape index (κ2) is 20.8. The zero-order valence-electron chi connectivity index (χ0n) is 23.2. The molecule has 0 unspecified atom stereocenters. The molecule has 0 saturated heterocycles. The van der Waals surface area contributed by atoms with Crippen LogP contribution in [0.15, 0.2) is 22.0 Å². The van der Waals surface area contributed by atoms with Crippen LogP contribution in [0.1, 0.15) is 149 Å². The molecule has 0 atom stereocenters. The number of unbranched alkanes of at least 4 members (excludes halogenated alkanes) is 15. The monoisotopic (exact) mass is 506 g/mol. The minimum Gasteiger partial charge on any atom is -0.367 e. The van der Waals surface area contributed by atoms with Crippen molar-refractivity contribution in [1.82, 2.24) is 4.90 Å². The molecule has 0 aliphatic heterocycles. The summed E-state index contributed by atoms with van der Waals surface area (Å²) in [6.07, 6.45) is 22.9. The number of allylic oxidation sites excluding steroid dienone is 4. The molecular weight excluding hydrogens is 454 g/mol. The molecule has 0 N–H and O–H groups in total. The minimum absolute atomic E-state index is 0.00598. The molecule has 0 amide bonds. The second-order valence-electron chi connectivity index (χ2n) is 10.3. The van der Waals surface area contributed by atoms with Gasteiger partial charge in [0.2, 0.25) is 5.39 Å². The average molecular weight is 507 g/mol. The van der Waals surface area contributed by atoms with Gasteiger partial charge in [-0.25, -0.2) is 0 Å². The molecule has 5 heteroatoms. The van der Waals surface area contributed by atoms with Gasteiger partial charge < -0.3 is 4.90 Å². The summed E-state index contributed by atoms with van der Waals surface area (Å²) in [7, 11) is 0. The number of halogens is 1. The standard InChI is InChI=1S/C30H53ClN3O/c1-4-7-10-13-16-19-22-26-27(33-32)25-28(35)30(29(26)31)34(23-20-17-14-11-8-5-2)24-21-18-15-12-9-6-3/h4-25H2,1-3H3/q+1. The minimum atomic E-state index is 0.00598. The van der Waals surface area contributed by atoms with E-state index < -0.39 is 0 Å². The Labute approximate surface area is 221 Å². The fourth-order valence-corrected chi connectivity index (χ4v) is 5.41. The third kappa shape index (κ3) is 13.0. The van der Waals surface area contributed by atoms with Gasteiger partial charge in [-0.2, -0.15) is 0 Å². The van der Waals surface area contributed by atoms with E-state index in [-0.39, 0.29) is 12.2 Å². The lowest BCUT2D eigenvalue weighted by atomic mass is 9.94. The van der Waals surface area contributed by atoms with Crippen LogP contribution in [0.25, 0.3) is 4.98 Å². The fourth-order valence-electron chi connectivity index (χ4n) is 4.98. The number of ketones is 1. The number of hydrogen-bond donors (Lipinski definition) is 0. The number of carbonyl (C=O) groups excluding carboxylic acids is 1. The van der Waals surface area contributed by atoms with E-state index in [9.17, 15) is 10.2 Å². The third-order valence-corrected chi connectivity index (χ3v) is 7.60. The van der Waals surface area contributed by atoms with Crippen molar-refractivity contribution < 1.29 is 4.79 Å². The maximum Gasteiger partial charge on any atom is 0.374 e. The first-order valence-electron chi connectivity index (χ1n) is 14.9. The molecule has 1 aliphatic rings. The van der Waals surface area contributed by atoms with Crippen LogP contribution in [0.5, 0.6) is 0 Å². The van der Waals surface area contributed by atoms with Crippen molar-refractivity contribution in [3.8, 4) is 0 Å². The van der Waals surface area contributed by atoms with E-state index in [0.29, 0.717) is 16.4 Å². The van der Waals surface area contributed by atoms with Crippen LogP contribution >= 0.6 is 11.6 Å². The van der Waals surface area contributed by atoms with Crippen molar-refractivity contribution >= 4 is 17.4 Å². The summed E-state index contributed by atoms with van der Waals surface area (Å²) in [5.74, 6) is 0.00598. The van der Waals surface area contributed by atoms with Crippen LogP contribution in [-0.4, -0.2) is 23.8 Å². The highest BCUT2D eigenvalue weighted by atomic mass is 35.5. The SMILES string of the molecule is CCCCCCCCC1=C([N+]#N)CC(=O)C(N(CCCCCCCC)CCCCCCCC)=C1Cl. The smallest absolute Gasteiger partial charge is 0.367 e. The number of diazo groups is 1. The van der Waals surface area contributed by atoms with Gasteiger partial charge in [0.25, 0.3) is 0 Å². The van der Waals surface area contributed by atoms with Gasteiger partial charge in [0.1, 0.15) is 12.1 Å². The molecule has 0 aromatic carbocycles. The molecule has 0 radical (unpaired) electrons. The highest BCUT2D eigenvalue weighted by molar-refractivity contribution is 6.35. The molecule has 1 aliphatic carbocycles. The van der Waals surface area contributed by atoms with Gasteiger partial charge in [-0.1, -0.05) is 129 Å². The number of carbonyl (C=O) groups is 1. The Morgan fingerprint density at radius 3 is 1.60 bits per heavy atom. The molecule has 0 aromatic rings. The van der Waals surface area contributed by atoms with Crippen molar-refractivity contribution in [2.45, 2.75) is 149 Å². The Hall–Kier alpha value is -1.34. The highest BCUT2D eigenvalue weighted by Gasteiger charge is 2.36. The number of rotatable bonds is 22. The molecule has 0 saturated carbocycles. The molecule has 0 bridgehead atoms. The van der Waals surface area contributed by atoms with Crippen molar-refractivity contribution in [3.63, 3.8) is 0 Å². The molecule has 1 rings (SSSR count). The third-order valence-electron chi connectivity index (χ3n) is 7.19. The number of nitrogens with zero attached hydrogens (tertiary/aromatic N) is 3. The van der Waals surface area contributed by atoms with E-state index in [0.717, 1.165) is 50.8 Å². The zero-order chi connectivity index (χ0) is 25.7. The molecule has 200 valence electrons. The summed E-state index contributed by atoms with van der Waals surface area (Å²) in [6, 6.07) is 0. The average Bonchev–Trinajstić information content (AvgIpc) is 2.85. The van der Waals surface area contributed by atoms with E-state index >= 15 is 0 Å². The predicted molar refractivity (Wildman–Crippen MR) is 151 cm³/mol. The van der Waals surface area contributed by atoms with Crippen molar-refractivity contribution in [2.75, 3.05) is 13.1 Å². The maximum atomic E-state index is 13.2. The van der Waals surface area contributed by atoms with E-state index in [4.69, 9.17) is 11.6 Å². The normalized spacial score (nSPS) is 14.1. The topological polar surface area (TPSA) is 48.5 Å². The lowest BCUT2D eigenvalue weighted by Gasteiger charge is -2.29. The van der Waals surface area contributed by atoms with Gasteiger partial charge in [-0.15, -0.1) is 0 Å². The fraction of sp³-hybridized carbons (Fsp3) is 0.833. The molecule has 35 heavy (non-hydrogen) atoms. The Morgan fingerprint density at radius 1 is 0.714 bits per heavy atom. The number of Topliss-reactive ketones (excluding diaryl/α,β-unsaturated/α-hetero) is 1. The summed E-state index contributed by atoms with van der Waals surface area (Å²) in [6.45, 7) is 8.49. The van der Waals surface area contributed by atoms with Gasteiger partial charge in [0.05, 0.1) is 10.6 Å². The Balaban J connectivity index is 2.87. The summed E-state index contributed by atoms with van der Waals surface area (Å²) in [5.41, 5.74) is 2.04. The van der Waals surface area contributed by atoms with Gasteiger partial charge in [0, 0.05) is 13.1 Å². The van der Waals surface area contributed by atoms with E-state index in [2.05, 4.69) is 30.6 Å². The first-order chi connectivity index (χ1) is 17.1. The molecule has 0 spiro atoms. The van der Waals surface area contributed by atoms with E-state index in [1.54, 1.807) is 0 Å². The van der Waals surface area contributed by atoms with Crippen molar-refractivity contribution in [1.29, 1.82) is 5.39 Å². The summed E-state index contributed by atoms with van der Waals surface area (Å²) >= 11 is 6.93. The molecule has 0 aromatic heterocycles. The lowest BCUT2D eigenvalue weighted by molar-refractivity contribution is -0.116. The second-order valence-corrected chi connectivity index (χ2v) is 10.7. The van der Waals surface area contributed by atoms with E-state index in [1.807, 2.05) is 0 Å². The van der Waals surface area contributed by atoms with Crippen LogP contribution in [0.3, 0.4) is 0 Å². The first kappa shape index (κ1) is 31.7. The lowest BCUT2D eigenvalue weighted by Crippen LogP contribution is -2.32. The van der Waals surface area contributed by atoms with Crippen molar-refractivity contribution in [3.05, 3.63) is 27.0 Å². The largest absolute Gasteiger partial charge is 0.374 e. The highest BCUT2D eigenvalue weighted by Crippen LogP contribution is 2.36. The summed E-state index contributed by atoms with van der Waals surface area (Å²) in [5, 5.41) is 10.1. The van der Waals surface area contributed by atoms with Gasteiger partial charge >= 0.3 is 5.70 Å². The van der Waals surface area contributed by atoms with Crippen LogP contribution < -0.4 is 0 Å². The molecule has 0 heterocycles. The molecule has 0 fully saturated rings. The van der Waals surface area contributed by atoms with Crippen LogP contribution in [0.4, 0.5) is 0 Å². The van der Waals surface area contributed by atoms with Gasteiger partial charge in [-0.3, -0.25) is 4.79 Å². The summed E-state index contributed by atoms with van der Waals surface area (Å²) in [4.78, 5) is 18.9. The van der Waals surface area contributed by atoms with Gasteiger partial charge in [-0.05, 0) is 25.7 Å². The first-order valence-corrected chi connectivity index (χ1v) is 15.2. The zero-order valence-corrected chi connectivity index (χ0v) is 23.9. The van der Waals surface area contributed by atoms with E-state index in [1.165, 1.54) is 89.9 Å². The summed E-state index contributed by atoms with van der Waals surface area (Å²) < 4.78 is 0. The number of hydrogen-bond acceptors (Lipinski definition) is 3. The van der Waals surface area contributed by atoms with Crippen LogP contribution in [0, 0.1) is 5.39 Å². The molecular formula is C30H53ClN3O+. The Kier molecular flexibility index (Phi) is 18.8. The Bertz CT molecular complexity index is 676. The van der Waals surface area contributed by atoms with Crippen LogP contribution in [0.2, 0.25) is 0 Å². The van der Waals surface area contributed by atoms with Crippen LogP contribution in [-0.2, 0) is 4.79 Å². The Morgan fingerprint density at radius 2 is 1.14 bits per heavy atom. The quantitative estimate of drug-likeness (QED) is 0.108. The molecule has 4 nitrogen and oxygen atoms in total. The predicted octanol–water partition coefficient (Wildman–Crippen LogP) is 10.3. The maximum absolute atomic E-state index is 13.2. The van der Waals surface area contributed by atoms with Crippen molar-refractivity contribution in [2.24, 2.45) is 0 Å². The van der Waals surface area contributed by atoms with Gasteiger partial charge in [0.15, 0.2) is 10.8 Å².